The van der Waals surface area contributed by atoms with Gasteiger partial charge in [0.15, 0.2) is 0 Å². The number of carbonyl (C=O) groups excluding carboxylic acids is 1. The number of nitrogens with one attached hydrogen (secondary N) is 1. The number of aryl methyl sites for hydroxylation is 1. The molecule has 0 aliphatic carbocycles. The minimum Gasteiger partial charge on any atom is -0.494 e. The molecule has 0 aliphatic rings. The van der Waals surface area contributed by atoms with Crippen molar-refractivity contribution >= 4 is 56.6 Å². The van der Waals surface area contributed by atoms with Gasteiger partial charge < -0.3 is 10.1 Å². The number of nitrogens with zero attached hydrogens (tertiary/aromatic N) is 1. The van der Waals surface area contributed by atoms with Gasteiger partial charge in [0.1, 0.15) is 12.3 Å². The molecule has 0 aliphatic heterocycles. The lowest BCUT2D eigenvalue weighted by atomic mass is 10.2. The van der Waals surface area contributed by atoms with E-state index in [0.29, 0.717) is 46.1 Å². The first-order valence-electron chi connectivity index (χ1n) is 11.3. The number of carbonyl (C=O) groups is 1. The summed E-state index contributed by atoms with van der Waals surface area (Å²) in [5.74, 6) is 1.56. The van der Waals surface area contributed by atoms with Gasteiger partial charge >= 0.3 is 0 Å². The molecule has 3 rings (SSSR count). The molecule has 6 nitrogen and oxygen atoms in total. The summed E-state index contributed by atoms with van der Waals surface area (Å²) in [6, 6.07) is 18.7. The summed E-state index contributed by atoms with van der Waals surface area (Å²) in [5.41, 5.74) is 2.44. The van der Waals surface area contributed by atoms with E-state index in [9.17, 15) is 13.2 Å². The summed E-state index contributed by atoms with van der Waals surface area (Å²) in [7, 11) is -3.98. The van der Waals surface area contributed by atoms with E-state index in [0.717, 1.165) is 15.4 Å². The number of anilines is 1. The van der Waals surface area contributed by atoms with Gasteiger partial charge in [0.2, 0.25) is 5.91 Å². The van der Waals surface area contributed by atoms with Gasteiger partial charge in [-0.2, -0.15) is 11.8 Å². The number of hydrogen-bond acceptors (Lipinski definition) is 5. The predicted molar refractivity (Wildman–Crippen MR) is 149 cm³/mol. The third-order valence-corrected chi connectivity index (χ3v) is 8.71. The normalized spacial score (nSPS) is 11.2. The fraction of sp³-hybridized carbons (Fsp3) is 0.269. The number of thioether (sulfide) groups is 1. The second-order valence-corrected chi connectivity index (χ2v) is 11.7. The monoisotopic (exact) mass is 566 g/mol. The van der Waals surface area contributed by atoms with Gasteiger partial charge in [-0.25, -0.2) is 8.42 Å². The van der Waals surface area contributed by atoms with E-state index < -0.39 is 10.0 Å². The van der Waals surface area contributed by atoms with Crippen LogP contribution in [0, 0.1) is 6.92 Å². The van der Waals surface area contributed by atoms with Crippen LogP contribution in [0.1, 0.15) is 18.1 Å². The van der Waals surface area contributed by atoms with Crippen molar-refractivity contribution in [2.75, 3.05) is 29.8 Å². The van der Waals surface area contributed by atoms with Gasteiger partial charge in [0, 0.05) is 18.1 Å². The molecule has 3 aromatic rings. The van der Waals surface area contributed by atoms with Crippen molar-refractivity contribution in [2.45, 2.75) is 24.5 Å². The zero-order valence-electron chi connectivity index (χ0n) is 20.0. The van der Waals surface area contributed by atoms with Crippen LogP contribution in [0.4, 0.5) is 5.69 Å². The SMILES string of the molecule is CCOc1ccc(S(=O)(=O)N(CC(=O)NCCSCc2ccc(Cl)c(Cl)c2)c2ccc(C)cc2)cc1. The Balaban J connectivity index is 1.64. The number of ether oxygens (including phenoxy) is 1. The highest BCUT2D eigenvalue weighted by Gasteiger charge is 2.27. The van der Waals surface area contributed by atoms with Crippen LogP contribution in [0.25, 0.3) is 0 Å². The van der Waals surface area contributed by atoms with Gasteiger partial charge in [0.05, 0.1) is 27.2 Å². The number of sulfonamides is 1. The van der Waals surface area contributed by atoms with Crippen LogP contribution in [0.15, 0.2) is 71.6 Å². The fourth-order valence-corrected chi connectivity index (χ4v) is 5.84. The van der Waals surface area contributed by atoms with Crippen molar-refractivity contribution < 1.29 is 17.9 Å². The second kappa shape index (κ2) is 13.2. The Kier molecular flexibility index (Phi) is 10.4. The summed E-state index contributed by atoms with van der Waals surface area (Å²) in [6.07, 6.45) is 0. The van der Waals surface area contributed by atoms with Gasteiger partial charge in [-0.1, -0.05) is 47.0 Å². The molecule has 0 aromatic heterocycles. The second-order valence-electron chi connectivity index (χ2n) is 7.90. The van der Waals surface area contributed by atoms with Gasteiger partial charge in [-0.15, -0.1) is 0 Å². The summed E-state index contributed by atoms with van der Waals surface area (Å²) in [5, 5.41) is 3.83. The van der Waals surface area contributed by atoms with Crippen LogP contribution in [0.3, 0.4) is 0 Å². The van der Waals surface area contributed by atoms with Crippen LogP contribution < -0.4 is 14.4 Å². The Morgan fingerprint density at radius 3 is 2.33 bits per heavy atom. The summed E-state index contributed by atoms with van der Waals surface area (Å²) < 4.78 is 33.5. The molecule has 0 radical (unpaired) electrons. The maximum atomic E-state index is 13.5. The standard InChI is InChI=1S/C26H28Cl2N2O4S2/c1-3-34-22-9-11-23(12-10-22)36(32,33)30(21-7-4-19(2)5-8-21)17-26(31)29-14-15-35-18-20-6-13-24(27)25(28)16-20/h4-13,16H,3,14-15,17-18H2,1-2H3,(H,29,31). The predicted octanol–water partition coefficient (Wildman–Crippen LogP) is 5.95. The minimum atomic E-state index is -3.98. The van der Waals surface area contributed by atoms with Crippen LogP contribution in [-0.2, 0) is 20.6 Å². The highest BCUT2D eigenvalue weighted by Crippen LogP contribution is 2.26. The van der Waals surface area contributed by atoms with Gasteiger partial charge in [-0.3, -0.25) is 9.10 Å². The summed E-state index contributed by atoms with van der Waals surface area (Å²) in [4.78, 5) is 12.8. The minimum absolute atomic E-state index is 0.0801. The number of hydrogen-bond donors (Lipinski definition) is 1. The molecule has 0 bridgehead atoms. The molecule has 1 N–H and O–H groups in total. The zero-order chi connectivity index (χ0) is 26.1. The molecular formula is C26H28Cl2N2O4S2. The smallest absolute Gasteiger partial charge is 0.264 e. The first-order valence-corrected chi connectivity index (χ1v) is 14.7. The highest BCUT2D eigenvalue weighted by molar-refractivity contribution is 7.98. The van der Waals surface area contributed by atoms with Gasteiger partial charge in [-0.05, 0) is 67.9 Å². The van der Waals surface area contributed by atoms with Crippen molar-refractivity contribution in [3.63, 3.8) is 0 Å². The fourth-order valence-electron chi connectivity index (χ4n) is 3.30. The lowest BCUT2D eigenvalue weighted by Crippen LogP contribution is -2.41. The Morgan fingerprint density at radius 2 is 1.69 bits per heavy atom. The largest absolute Gasteiger partial charge is 0.494 e. The van der Waals surface area contributed by atoms with E-state index in [2.05, 4.69) is 5.32 Å². The first kappa shape index (κ1) is 28.2. The number of rotatable bonds is 12. The van der Waals surface area contributed by atoms with E-state index in [1.54, 1.807) is 42.1 Å². The van der Waals surface area contributed by atoms with E-state index in [4.69, 9.17) is 27.9 Å². The summed E-state index contributed by atoms with van der Waals surface area (Å²) in [6.45, 7) is 4.31. The molecule has 0 saturated heterocycles. The molecule has 10 heteroatoms. The van der Waals surface area contributed by atoms with E-state index in [1.807, 2.05) is 38.1 Å². The number of halogens is 2. The molecule has 0 heterocycles. The highest BCUT2D eigenvalue weighted by atomic mass is 35.5. The lowest BCUT2D eigenvalue weighted by Gasteiger charge is -2.24. The molecule has 0 saturated carbocycles. The van der Waals surface area contributed by atoms with Crippen molar-refractivity contribution in [1.82, 2.24) is 5.32 Å². The molecule has 192 valence electrons. The molecule has 0 unspecified atom stereocenters. The molecule has 0 atom stereocenters. The van der Waals surface area contributed by atoms with Crippen LogP contribution in [-0.4, -0.2) is 39.8 Å². The Hall–Kier alpha value is -2.39. The van der Waals surface area contributed by atoms with Crippen LogP contribution in [0.5, 0.6) is 5.75 Å². The van der Waals surface area contributed by atoms with Crippen LogP contribution >= 0.6 is 35.0 Å². The van der Waals surface area contributed by atoms with E-state index in [-0.39, 0.29) is 17.3 Å². The van der Waals surface area contributed by atoms with Crippen molar-refractivity contribution in [2.24, 2.45) is 0 Å². The average molecular weight is 568 g/mol. The average Bonchev–Trinajstić information content (AvgIpc) is 2.85. The molecular weight excluding hydrogens is 539 g/mol. The molecule has 0 fully saturated rings. The quantitative estimate of drug-likeness (QED) is 0.274. The van der Waals surface area contributed by atoms with Crippen LogP contribution in [0.2, 0.25) is 10.0 Å². The van der Waals surface area contributed by atoms with Gasteiger partial charge in [0.25, 0.3) is 10.0 Å². The van der Waals surface area contributed by atoms with E-state index in [1.165, 1.54) is 12.1 Å². The van der Waals surface area contributed by atoms with Crippen molar-refractivity contribution in [1.29, 1.82) is 0 Å². The summed E-state index contributed by atoms with van der Waals surface area (Å²) >= 11 is 13.6. The Bertz CT molecular complexity index is 1270. The maximum Gasteiger partial charge on any atom is 0.264 e. The number of benzene rings is 3. The maximum absolute atomic E-state index is 13.5. The number of amides is 1. The molecule has 36 heavy (non-hydrogen) atoms. The molecule has 0 spiro atoms. The van der Waals surface area contributed by atoms with Crippen molar-refractivity contribution in [3.05, 3.63) is 87.9 Å². The topological polar surface area (TPSA) is 75.7 Å². The molecule has 1 amide bonds. The van der Waals surface area contributed by atoms with Crippen molar-refractivity contribution in [3.8, 4) is 5.75 Å². The van der Waals surface area contributed by atoms with E-state index >= 15 is 0 Å². The third kappa shape index (κ3) is 7.80. The molecule has 3 aromatic carbocycles. The Morgan fingerprint density at radius 1 is 1.00 bits per heavy atom. The Labute approximate surface area is 227 Å². The first-order chi connectivity index (χ1) is 17.2. The lowest BCUT2D eigenvalue weighted by molar-refractivity contribution is -0.119. The third-order valence-electron chi connectivity index (χ3n) is 5.15. The zero-order valence-corrected chi connectivity index (χ0v) is 23.2.